The zero-order valence-corrected chi connectivity index (χ0v) is 16.9. The molecule has 160 valence electrons. The number of halogens is 3. The minimum atomic E-state index is -4.56. The third kappa shape index (κ3) is 4.14. The number of aliphatic hydroxyl groups is 1. The van der Waals surface area contributed by atoms with Gasteiger partial charge in [0.1, 0.15) is 11.4 Å². The fourth-order valence-corrected chi connectivity index (χ4v) is 3.89. The highest BCUT2D eigenvalue weighted by Gasteiger charge is 2.38. The maximum atomic E-state index is 13.0. The molecule has 1 aromatic heterocycles. The number of alkyl halides is 3. The monoisotopic (exact) mass is 427 g/mol. The Morgan fingerprint density at radius 3 is 2.45 bits per heavy atom. The number of aromatic hydroxyl groups is 1. The van der Waals surface area contributed by atoms with Gasteiger partial charge in [-0.1, -0.05) is 12.0 Å². The molecule has 0 unspecified atom stereocenters. The largest absolute Gasteiger partial charge is 0.507 e. The molecule has 2 aromatic carbocycles. The molecule has 0 atom stereocenters. The van der Waals surface area contributed by atoms with E-state index in [1.165, 1.54) is 6.07 Å². The van der Waals surface area contributed by atoms with Gasteiger partial charge in [-0.2, -0.15) is 13.2 Å². The van der Waals surface area contributed by atoms with Crippen molar-refractivity contribution in [3.63, 3.8) is 0 Å². The number of hydrogen-bond donors (Lipinski definition) is 3. The number of hydrogen-bond acceptors (Lipinski definition) is 5. The molecule has 0 saturated heterocycles. The summed E-state index contributed by atoms with van der Waals surface area (Å²) in [4.78, 5) is 0. The molecule has 1 fully saturated rings. The number of rotatable bonds is 3. The SMILES string of the molecule is CC#Cc1ccc2c(-c3ccc(C(F)(F)F)cc3O)nnc(NC3CC(C)(O)C3)c2c1. The molecule has 1 heterocycles. The summed E-state index contributed by atoms with van der Waals surface area (Å²) >= 11 is 0. The van der Waals surface area contributed by atoms with Gasteiger partial charge < -0.3 is 15.5 Å². The predicted molar refractivity (Wildman–Crippen MR) is 111 cm³/mol. The van der Waals surface area contributed by atoms with Crippen LogP contribution in [0, 0.1) is 11.8 Å². The van der Waals surface area contributed by atoms with Crippen LogP contribution < -0.4 is 5.32 Å². The maximum Gasteiger partial charge on any atom is 0.416 e. The van der Waals surface area contributed by atoms with Crippen molar-refractivity contribution in [2.24, 2.45) is 0 Å². The lowest BCUT2D eigenvalue weighted by Gasteiger charge is -2.41. The third-order valence-corrected chi connectivity index (χ3v) is 5.34. The number of fused-ring (bicyclic) bond motifs is 1. The zero-order valence-electron chi connectivity index (χ0n) is 16.9. The first-order valence-electron chi connectivity index (χ1n) is 9.70. The van der Waals surface area contributed by atoms with Gasteiger partial charge in [0.05, 0.1) is 11.2 Å². The van der Waals surface area contributed by atoms with Crippen LogP contribution in [0.15, 0.2) is 36.4 Å². The quantitative estimate of drug-likeness (QED) is 0.528. The second-order valence-electron chi connectivity index (χ2n) is 8.01. The highest BCUT2D eigenvalue weighted by atomic mass is 19.4. The molecule has 3 aromatic rings. The Hall–Kier alpha value is -3.31. The Morgan fingerprint density at radius 1 is 1.10 bits per heavy atom. The van der Waals surface area contributed by atoms with Crippen LogP contribution in [0.5, 0.6) is 5.75 Å². The standard InChI is InChI=1S/C23H20F3N3O2/c1-3-4-13-5-7-16-18(9-13)21(27-15-11-22(2,31)12-15)29-28-20(16)17-8-6-14(10-19(17)30)23(24,25)26/h5-10,15,30-31H,11-12H2,1-2H3,(H,27,29). The molecule has 0 radical (unpaired) electrons. The molecule has 3 N–H and O–H groups in total. The van der Waals surface area contributed by atoms with Crippen molar-refractivity contribution < 1.29 is 23.4 Å². The van der Waals surface area contributed by atoms with Crippen molar-refractivity contribution in [1.82, 2.24) is 10.2 Å². The summed E-state index contributed by atoms with van der Waals surface area (Å²) in [7, 11) is 0. The van der Waals surface area contributed by atoms with Crippen LogP contribution in [0.25, 0.3) is 22.0 Å². The Balaban J connectivity index is 1.82. The summed E-state index contributed by atoms with van der Waals surface area (Å²) in [5.41, 5.74) is -0.497. The molecule has 1 aliphatic carbocycles. The number of aromatic nitrogens is 2. The van der Waals surface area contributed by atoms with Crippen molar-refractivity contribution in [3.05, 3.63) is 47.5 Å². The van der Waals surface area contributed by atoms with E-state index in [9.17, 15) is 23.4 Å². The van der Waals surface area contributed by atoms with Crippen LogP contribution in [-0.2, 0) is 6.18 Å². The van der Waals surface area contributed by atoms with E-state index in [1.54, 1.807) is 26.0 Å². The summed E-state index contributed by atoms with van der Waals surface area (Å²) in [6.07, 6.45) is -3.44. The summed E-state index contributed by atoms with van der Waals surface area (Å²) in [5.74, 6) is 5.77. The lowest BCUT2D eigenvalue weighted by Crippen LogP contribution is -2.48. The molecule has 5 nitrogen and oxygen atoms in total. The van der Waals surface area contributed by atoms with E-state index in [4.69, 9.17) is 0 Å². The van der Waals surface area contributed by atoms with Crippen LogP contribution in [0.3, 0.4) is 0 Å². The Labute approximate surface area is 176 Å². The highest BCUT2D eigenvalue weighted by molar-refractivity contribution is 6.01. The van der Waals surface area contributed by atoms with Crippen LogP contribution in [-0.4, -0.2) is 32.1 Å². The van der Waals surface area contributed by atoms with Crippen LogP contribution in [0.4, 0.5) is 19.0 Å². The molecule has 0 bridgehead atoms. The summed E-state index contributed by atoms with van der Waals surface area (Å²) < 4.78 is 38.9. The number of nitrogens with zero attached hydrogens (tertiary/aromatic N) is 2. The fraction of sp³-hybridized carbons (Fsp3) is 0.304. The topological polar surface area (TPSA) is 78.3 Å². The molecule has 0 aliphatic heterocycles. The van der Waals surface area contributed by atoms with Crippen LogP contribution >= 0.6 is 0 Å². The first-order chi connectivity index (χ1) is 14.6. The molecule has 0 amide bonds. The normalized spacial score (nSPS) is 20.6. The van der Waals surface area contributed by atoms with E-state index in [1.807, 2.05) is 6.07 Å². The van der Waals surface area contributed by atoms with Crippen molar-refractivity contribution >= 4 is 16.6 Å². The van der Waals surface area contributed by atoms with Gasteiger partial charge in [-0.15, -0.1) is 16.1 Å². The predicted octanol–water partition coefficient (Wildman–Crippen LogP) is 4.72. The summed E-state index contributed by atoms with van der Waals surface area (Å²) in [6.45, 7) is 3.48. The van der Waals surface area contributed by atoms with Gasteiger partial charge in [0.15, 0.2) is 5.82 Å². The second-order valence-corrected chi connectivity index (χ2v) is 8.01. The van der Waals surface area contributed by atoms with E-state index in [0.717, 1.165) is 11.6 Å². The zero-order chi connectivity index (χ0) is 22.4. The molecule has 1 saturated carbocycles. The maximum absolute atomic E-state index is 13.0. The lowest BCUT2D eigenvalue weighted by atomic mass is 9.77. The number of anilines is 1. The Bertz CT molecular complexity index is 1220. The van der Waals surface area contributed by atoms with Crippen LogP contribution in [0.1, 0.15) is 37.8 Å². The Morgan fingerprint density at radius 2 is 1.84 bits per heavy atom. The van der Waals surface area contributed by atoms with Gasteiger partial charge in [-0.05, 0) is 57.0 Å². The number of phenolic OH excluding ortho intramolecular Hbond substituents is 1. The average molecular weight is 427 g/mol. The van der Waals surface area contributed by atoms with Gasteiger partial charge in [0.25, 0.3) is 0 Å². The molecule has 8 heteroatoms. The van der Waals surface area contributed by atoms with E-state index in [2.05, 4.69) is 27.4 Å². The minimum absolute atomic E-state index is 0.0266. The van der Waals surface area contributed by atoms with Gasteiger partial charge >= 0.3 is 6.18 Å². The summed E-state index contributed by atoms with van der Waals surface area (Å²) in [6, 6.07) is 8.17. The molecule has 31 heavy (non-hydrogen) atoms. The number of nitrogens with one attached hydrogen (secondary N) is 1. The Kier molecular flexibility index (Phi) is 5.02. The van der Waals surface area contributed by atoms with Gasteiger partial charge in [-0.3, -0.25) is 0 Å². The van der Waals surface area contributed by atoms with Crippen LogP contribution in [0.2, 0.25) is 0 Å². The lowest BCUT2D eigenvalue weighted by molar-refractivity contribution is -0.137. The van der Waals surface area contributed by atoms with Crippen molar-refractivity contribution in [2.45, 2.75) is 44.5 Å². The molecular weight excluding hydrogens is 407 g/mol. The van der Waals surface area contributed by atoms with Crippen molar-refractivity contribution in [1.29, 1.82) is 0 Å². The van der Waals surface area contributed by atoms with Crippen molar-refractivity contribution in [3.8, 4) is 28.8 Å². The average Bonchev–Trinajstić information content (AvgIpc) is 2.66. The molecule has 1 aliphatic rings. The fourth-order valence-electron chi connectivity index (χ4n) is 3.89. The molecule has 4 rings (SSSR count). The van der Waals surface area contributed by atoms with E-state index >= 15 is 0 Å². The van der Waals surface area contributed by atoms with Gasteiger partial charge in [0, 0.05) is 27.9 Å². The number of phenols is 1. The summed E-state index contributed by atoms with van der Waals surface area (Å²) in [5, 5.41) is 33.3. The third-order valence-electron chi connectivity index (χ3n) is 5.34. The van der Waals surface area contributed by atoms with E-state index in [0.29, 0.717) is 35.5 Å². The molecular formula is C23H20F3N3O2. The minimum Gasteiger partial charge on any atom is -0.507 e. The molecule has 0 spiro atoms. The first-order valence-corrected chi connectivity index (χ1v) is 9.70. The first kappa shape index (κ1) is 20.9. The van der Waals surface area contributed by atoms with E-state index < -0.39 is 23.1 Å². The number of benzene rings is 2. The van der Waals surface area contributed by atoms with Gasteiger partial charge in [-0.25, -0.2) is 0 Å². The highest BCUT2D eigenvalue weighted by Crippen LogP contribution is 2.40. The smallest absolute Gasteiger partial charge is 0.416 e. The second kappa shape index (κ2) is 7.43. The van der Waals surface area contributed by atoms with E-state index in [-0.39, 0.29) is 17.3 Å². The van der Waals surface area contributed by atoms with Gasteiger partial charge in [0.2, 0.25) is 0 Å². The van der Waals surface area contributed by atoms with Crippen molar-refractivity contribution in [2.75, 3.05) is 5.32 Å².